The SMILES string of the molecule is CS(=O)(=O)CCC(N)C(=O)Nc1ncc(Cc2ccccc2)s1. The molecule has 3 N–H and O–H groups in total. The highest BCUT2D eigenvalue weighted by Gasteiger charge is 2.17. The Kier molecular flexibility index (Phi) is 5.86. The molecule has 0 radical (unpaired) electrons. The average Bonchev–Trinajstić information content (AvgIpc) is 2.92. The molecule has 1 unspecified atom stereocenters. The van der Waals surface area contributed by atoms with Crippen molar-refractivity contribution in [1.29, 1.82) is 0 Å². The molecule has 0 aliphatic heterocycles. The Labute approximate surface area is 139 Å². The number of benzene rings is 1. The molecule has 0 bridgehead atoms. The first-order valence-electron chi connectivity index (χ1n) is 7.06. The summed E-state index contributed by atoms with van der Waals surface area (Å²) in [6.07, 6.45) is 3.67. The first kappa shape index (κ1) is 17.6. The maximum atomic E-state index is 11.9. The Morgan fingerprint density at radius 1 is 1.35 bits per heavy atom. The van der Waals surface area contributed by atoms with Crippen LogP contribution in [-0.2, 0) is 21.1 Å². The number of rotatable bonds is 7. The van der Waals surface area contributed by atoms with E-state index in [9.17, 15) is 13.2 Å². The Morgan fingerprint density at radius 3 is 2.70 bits per heavy atom. The third-order valence-corrected chi connectivity index (χ3v) is 5.03. The number of aromatic nitrogens is 1. The number of nitrogens with zero attached hydrogens (tertiary/aromatic N) is 1. The van der Waals surface area contributed by atoms with Gasteiger partial charge < -0.3 is 11.1 Å². The van der Waals surface area contributed by atoms with Crippen molar-refractivity contribution < 1.29 is 13.2 Å². The molecule has 2 rings (SSSR count). The lowest BCUT2D eigenvalue weighted by Crippen LogP contribution is -2.37. The molecule has 0 fully saturated rings. The van der Waals surface area contributed by atoms with Crippen LogP contribution < -0.4 is 11.1 Å². The van der Waals surface area contributed by atoms with Crippen LogP contribution in [-0.4, -0.2) is 37.4 Å². The second-order valence-electron chi connectivity index (χ2n) is 5.31. The van der Waals surface area contributed by atoms with Crippen molar-refractivity contribution in [3.05, 3.63) is 47.0 Å². The molecular weight excluding hydrogens is 334 g/mol. The largest absolute Gasteiger partial charge is 0.320 e. The maximum Gasteiger partial charge on any atom is 0.243 e. The van der Waals surface area contributed by atoms with E-state index in [-0.39, 0.29) is 12.2 Å². The van der Waals surface area contributed by atoms with E-state index in [4.69, 9.17) is 5.73 Å². The lowest BCUT2D eigenvalue weighted by atomic mass is 10.1. The molecule has 0 saturated carbocycles. The number of carbonyl (C=O) groups excluding carboxylic acids is 1. The highest BCUT2D eigenvalue weighted by molar-refractivity contribution is 7.90. The van der Waals surface area contributed by atoms with Crippen LogP contribution in [0.4, 0.5) is 5.13 Å². The Balaban J connectivity index is 1.89. The van der Waals surface area contributed by atoms with Gasteiger partial charge in [0, 0.05) is 23.8 Å². The summed E-state index contributed by atoms with van der Waals surface area (Å²) in [6, 6.07) is 9.09. The monoisotopic (exact) mass is 353 g/mol. The van der Waals surface area contributed by atoms with E-state index in [1.165, 1.54) is 16.9 Å². The number of thiazole rings is 1. The molecule has 124 valence electrons. The Bertz CT molecular complexity index is 757. The van der Waals surface area contributed by atoms with E-state index >= 15 is 0 Å². The summed E-state index contributed by atoms with van der Waals surface area (Å²) < 4.78 is 22.2. The van der Waals surface area contributed by atoms with Crippen LogP contribution in [0.15, 0.2) is 36.5 Å². The van der Waals surface area contributed by atoms with Crippen LogP contribution in [0.1, 0.15) is 16.9 Å². The highest BCUT2D eigenvalue weighted by atomic mass is 32.2. The summed E-state index contributed by atoms with van der Waals surface area (Å²) in [6.45, 7) is 0. The quantitative estimate of drug-likeness (QED) is 0.784. The van der Waals surface area contributed by atoms with Gasteiger partial charge in [-0.25, -0.2) is 13.4 Å². The van der Waals surface area contributed by atoms with Gasteiger partial charge in [0.05, 0.1) is 11.8 Å². The molecule has 1 heterocycles. The van der Waals surface area contributed by atoms with Gasteiger partial charge in [-0.2, -0.15) is 0 Å². The zero-order valence-electron chi connectivity index (χ0n) is 12.7. The zero-order chi connectivity index (χ0) is 16.9. The second-order valence-corrected chi connectivity index (χ2v) is 8.68. The Morgan fingerprint density at radius 2 is 2.04 bits per heavy atom. The third-order valence-electron chi connectivity index (χ3n) is 3.14. The van der Waals surface area contributed by atoms with Crippen molar-refractivity contribution >= 4 is 32.2 Å². The standard InChI is InChI=1S/C15H19N3O3S2/c1-23(20,21)8-7-13(16)14(19)18-15-17-10-12(22-15)9-11-5-3-2-4-6-11/h2-6,10,13H,7-9,16H2,1H3,(H,17,18,19). The summed E-state index contributed by atoms with van der Waals surface area (Å²) in [4.78, 5) is 17.1. The fraction of sp³-hybridized carbons (Fsp3) is 0.333. The van der Waals surface area contributed by atoms with Crippen LogP contribution in [0.25, 0.3) is 0 Å². The third kappa shape index (κ3) is 6.09. The van der Waals surface area contributed by atoms with Crippen molar-refractivity contribution in [2.45, 2.75) is 18.9 Å². The molecule has 2 aromatic rings. The van der Waals surface area contributed by atoms with Crippen molar-refractivity contribution in [1.82, 2.24) is 4.98 Å². The lowest BCUT2D eigenvalue weighted by Gasteiger charge is -2.09. The zero-order valence-corrected chi connectivity index (χ0v) is 14.4. The number of carbonyl (C=O) groups is 1. The minimum atomic E-state index is -3.13. The van der Waals surface area contributed by atoms with Crippen LogP contribution in [0, 0.1) is 0 Å². The molecule has 1 atom stereocenters. The number of hydrogen-bond acceptors (Lipinski definition) is 6. The van der Waals surface area contributed by atoms with Gasteiger partial charge in [0.1, 0.15) is 9.84 Å². The van der Waals surface area contributed by atoms with E-state index in [2.05, 4.69) is 10.3 Å². The van der Waals surface area contributed by atoms with E-state index in [1.54, 1.807) is 6.20 Å². The highest BCUT2D eigenvalue weighted by Crippen LogP contribution is 2.21. The van der Waals surface area contributed by atoms with Gasteiger partial charge in [-0.15, -0.1) is 11.3 Å². The van der Waals surface area contributed by atoms with Crippen LogP contribution >= 0.6 is 11.3 Å². The molecule has 1 amide bonds. The van der Waals surface area contributed by atoms with Gasteiger partial charge >= 0.3 is 0 Å². The first-order valence-corrected chi connectivity index (χ1v) is 9.94. The van der Waals surface area contributed by atoms with Crippen LogP contribution in [0.2, 0.25) is 0 Å². The van der Waals surface area contributed by atoms with Crippen molar-refractivity contribution in [3.8, 4) is 0 Å². The molecule has 6 nitrogen and oxygen atoms in total. The predicted molar refractivity (Wildman–Crippen MR) is 92.3 cm³/mol. The first-order chi connectivity index (χ1) is 10.8. The van der Waals surface area contributed by atoms with Gasteiger partial charge in [-0.1, -0.05) is 30.3 Å². The summed E-state index contributed by atoms with van der Waals surface area (Å²) in [5, 5.41) is 3.10. The number of nitrogens with two attached hydrogens (primary N) is 1. The fourth-order valence-electron chi connectivity index (χ4n) is 1.91. The minimum absolute atomic E-state index is 0.0902. The maximum absolute atomic E-state index is 11.9. The van der Waals surface area contributed by atoms with Gasteiger partial charge in [-0.05, 0) is 12.0 Å². The fourth-order valence-corrected chi connectivity index (χ4v) is 3.45. The lowest BCUT2D eigenvalue weighted by molar-refractivity contribution is -0.117. The second kappa shape index (κ2) is 7.67. The molecule has 0 aliphatic carbocycles. The van der Waals surface area contributed by atoms with Crippen molar-refractivity contribution in [3.63, 3.8) is 0 Å². The summed E-state index contributed by atoms with van der Waals surface area (Å²) >= 11 is 1.38. The predicted octanol–water partition coefficient (Wildman–Crippen LogP) is 1.43. The molecule has 8 heteroatoms. The molecule has 0 aliphatic rings. The number of hydrogen-bond donors (Lipinski definition) is 2. The van der Waals surface area contributed by atoms with E-state index < -0.39 is 21.8 Å². The van der Waals surface area contributed by atoms with Crippen LogP contribution in [0.3, 0.4) is 0 Å². The van der Waals surface area contributed by atoms with Gasteiger partial charge in [0.2, 0.25) is 5.91 Å². The smallest absolute Gasteiger partial charge is 0.243 e. The van der Waals surface area contributed by atoms with E-state index in [1.807, 2.05) is 30.3 Å². The van der Waals surface area contributed by atoms with Gasteiger partial charge in [0.25, 0.3) is 0 Å². The molecule has 1 aromatic heterocycles. The minimum Gasteiger partial charge on any atom is -0.320 e. The molecular formula is C15H19N3O3S2. The molecule has 1 aromatic carbocycles. The van der Waals surface area contributed by atoms with Crippen molar-refractivity contribution in [2.24, 2.45) is 5.73 Å². The van der Waals surface area contributed by atoms with Crippen molar-refractivity contribution in [2.75, 3.05) is 17.3 Å². The number of nitrogens with one attached hydrogen (secondary N) is 1. The van der Waals surface area contributed by atoms with E-state index in [0.29, 0.717) is 5.13 Å². The summed E-state index contributed by atoms with van der Waals surface area (Å²) in [5.74, 6) is -0.534. The topological polar surface area (TPSA) is 102 Å². The summed E-state index contributed by atoms with van der Waals surface area (Å²) in [7, 11) is -3.13. The summed E-state index contributed by atoms with van der Waals surface area (Å²) in [5.41, 5.74) is 6.87. The number of anilines is 1. The Hall–Kier alpha value is -1.77. The van der Waals surface area contributed by atoms with E-state index in [0.717, 1.165) is 17.6 Å². The molecule has 23 heavy (non-hydrogen) atoms. The van der Waals surface area contributed by atoms with Gasteiger partial charge in [0.15, 0.2) is 5.13 Å². The molecule has 0 spiro atoms. The van der Waals surface area contributed by atoms with Crippen LogP contribution in [0.5, 0.6) is 0 Å². The number of amides is 1. The number of sulfone groups is 1. The normalized spacial score (nSPS) is 12.8. The average molecular weight is 353 g/mol. The molecule has 0 saturated heterocycles. The van der Waals surface area contributed by atoms with Gasteiger partial charge in [-0.3, -0.25) is 4.79 Å².